The van der Waals surface area contributed by atoms with E-state index in [9.17, 15) is 14.4 Å². The van der Waals surface area contributed by atoms with E-state index in [1.807, 2.05) is 24.3 Å². The number of imide groups is 1. The summed E-state index contributed by atoms with van der Waals surface area (Å²) in [6.45, 7) is 0.580. The second-order valence-electron chi connectivity index (χ2n) is 7.26. The lowest BCUT2D eigenvalue weighted by Crippen LogP contribution is -2.29. The van der Waals surface area contributed by atoms with Gasteiger partial charge in [0.2, 0.25) is 0 Å². The quantitative estimate of drug-likeness (QED) is 0.601. The fourth-order valence-electron chi connectivity index (χ4n) is 3.70. The number of amides is 3. The second kappa shape index (κ2) is 8.83. The summed E-state index contributed by atoms with van der Waals surface area (Å²) >= 11 is 0. The monoisotopic (exact) mass is 414 g/mol. The average molecular weight is 414 g/mol. The molecule has 1 N–H and O–H groups in total. The topological polar surface area (TPSA) is 75.7 Å². The van der Waals surface area contributed by atoms with Gasteiger partial charge in [0.1, 0.15) is 5.75 Å². The molecule has 0 radical (unpaired) electrons. The normalized spacial score (nSPS) is 12.6. The molecular weight excluding hydrogens is 392 g/mol. The molecule has 1 aliphatic rings. The predicted octanol–water partition coefficient (Wildman–Crippen LogP) is 3.46. The second-order valence-corrected chi connectivity index (χ2v) is 7.26. The van der Waals surface area contributed by atoms with Gasteiger partial charge in [0.05, 0.1) is 24.8 Å². The third kappa shape index (κ3) is 4.19. The number of nitrogens with one attached hydrogen (secondary N) is 1. The number of carbonyl (C=O) groups excluding carboxylic acids is 3. The molecule has 0 saturated heterocycles. The van der Waals surface area contributed by atoms with Crippen LogP contribution in [-0.4, -0.2) is 36.3 Å². The van der Waals surface area contributed by atoms with Crippen LogP contribution in [0.15, 0.2) is 72.8 Å². The van der Waals surface area contributed by atoms with Crippen LogP contribution in [-0.2, 0) is 13.0 Å². The average Bonchev–Trinajstić information content (AvgIpc) is 3.04. The van der Waals surface area contributed by atoms with Gasteiger partial charge >= 0.3 is 0 Å². The van der Waals surface area contributed by atoms with E-state index < -0.39 is 0 Å². The van der Waals surface area contributed by atoms with E-state index in [2.05, 4.69) is 5.32 Å². The summed E-state index contributed by atoms with van der Waals surface area (Å²) in [5.74, 6) is -0.0432. The molecule has 4 rings (SSSR count). The van der Waals surface area contributed by atoms with Crippen molar-refractivity contribution in [3.63, 3.8) is 0 Å². The molecule has 156 valence electrons. The molecule has 3 aromatic carbocycles. The Labute approximate surface area is 180 Å². The van der Waals surface area contributed by atoms with Gasteiger partial charge in [-0.3, -0.25) is 19.3 Å². The van der Waals surface area contributed by atoms with Crippen LogP contribution in [0, 0.1) is 0 Å². The highest BCUT2D eigenvalue weighted by molar-refractivity contribution is 6.21. The number of carbonyl (C=O) groups is 3. The highest BCUT2D eigenvalue weighted by Gasteiger charge is 2.34. The van der Waals surface area contributed by atoms with Crippen LogP contribution >= 0.6 is 0 Å². The lowest BCUT2D eigenvalue weighted by molar-refractivity contribution is 0.0642. The fourth-order valence-corrected chi connectivity index (χ4v) is 3.70. The minimum atomic E-state index is -0.313. The zero-order valence-corrected chi connectivity index (χ0v) is 17.1. The Morgan fingerprint density at radius 1 is 0.903 bits per heavy atom. The van der Waals surface area contributed by atoms with E-state index in [1.165, 1.54) is 4.90 Å². The molecule has 3 amide bonds. The van der Waals surface area contributed by atoms with Crippen molar-refractivity contribution in [3.8, 4) is 5.75 Å². The maximum absolute atomic E-state index is 12.6. The molecule has 1 heterocycles. The Balaban J connectivity index is 1.40. The van der Waals surface area contributed by atoms with Crippen molar-refractivity contribution in [2.75, 3.05) is 13.7 Å². The largest absolute Gasteiger partial charge is 0.496 e. The highest BCUT2D eigenvalue weighted by Crippen LogP contribution is 2.24. The number of benzene rings is 3. The van der Waals surface area contributed by atoms with Crippen LogP contribution in [0.1, 0.15) is 42.2 Å². The molecule has 0 aromatic heterocycles. The standard InChI is InChI=1S/C25H22N2O4/c1-31-22-12-5-2-8-18(22)13-14-26-23(28)19-9-6-7-17(15-19)16-27-24(29)20-10-3-4-11-21(20)25(27)30/h2-12,15H,13-14,16H2,1H3,(H,26,28). The highest BCUT2D eigenvalue weighted by atomic mass is 16.5. The lowest BCUT2D eigenvalue weighted by Gasteiger charge is -2.14. The number of ether oxygens (including phenoxy) is 1. The summed E-state index contributed by atoms with van der Waals surface area (Å²) < 4.78 is 5.33. The summed E-state index contributed by atoms with van der Waals surface area (Å²) in [6.07, 6.45) is 0.643. The van der Waals surface area contributed by atoms with Gasteiger partial charge in [-0.1, -0.05) is 42.5 Å². The Bertz CT molecular complexity index is 1120. The van der Waals surface area contributed by atoms with E-state index in [0.29, 0.717) is 35.2 Å². The zero-order valence-electron chi connectivity index (χ0n) is 17.1. The van der Waals surface area contributed by atoms with Crippen molar-refractivity contribution in [1.82, 2.24) is 10.2 Å². The van der Waals surface area contributed by atoms with E-state index >= 15 is 0 Å². The van der Waals surface area contributed by atoms with E-state index in [-0.39, 0.29) is 24.3 Å². The molecule has 0 spiro atoms. The Morgan fingerprint density at radius 2 is 1.58 bits per heavy atom. The van der Waals surface area contributed by atoms with Crippen LogP contribution in [0.4, 0.5) is 0 Å². The summed E-state index contributed by atoms with van der Waals surface area (Å²) in [5.41, 5.74) is 3.04. The number of methoxy groups -OCH3 is 1. The molecule has 0 bridgehead atoms. The SMILES string of the molecule is COc1ccccc1CCNC(=O)c1cccc(CN2C(=O)c3ccccc3C2=O)c1. The molecule has 6 nitrogen and oxygen atoms in total. The minimum Gasteiger partial charge on any atom is -0.496 e. The summed E-state index contributed by atoms with van der Waals surface area (Å²) in [6, 6.07) is 21.5. The third-order valence-electron chi connectivity index (χ3n) is 5.28. The maximum Gasteiger partial charge on any atom is 0.261 e. The van der Waals surface area contributed by atoms with E-state index in [4.69, 9.17) is 4.74 Å². The zero-order chi connectivity index (χ0) is 21.8. The number of rotatable bonds is 7. The van der Waals surface area contributed by atoms with Crippen molar-refractivity contribution in [2.24, 2.45) is 0 Å². The van der Waals surface area contributed by atoms with Gasteiger partial charge in [0.15, 0.2) is 0 Å². The number of hydrogen-bond donors (Lipinski definition) is 1. The molecule has 0 atom stereocenters. The van der Waals surface area contributed by atoms with Crippen LogP contribution < -0.4 is 10.1 Å². The Hall–Kier alpha value is -3.93. The maximum atomic E-state index is 12.6. The minimum absolute atomic E-state index is 0.120. The number of para-hydroxylation sites is 1. The van der Waals surface area contributed by atoms with Crippen molar-refractivity contribution in [3.05, 3.63) is 101 Å². The molecule has 0 aliphatic carbocycles. The van der Waals surface area contributed by atoms with Crippen molar-refractivity contribution in [2.45, 2.75) is 13.0 Å². The fraction of sp³-hybridized carbons (Fsp3) is 0.160. The van der Waals surface area contributed by atoms with E-state index in [0.717, 1.165) is 11.3 Å². The van der Waals surface area contributed by atoms with Crippen LogP contribution in [0.25, 0.3) is 0 Å². The van der Waals surface area contributed by atoms with Gasteiger partial charge in [-0.2, -0.15) is 0 Å². The molecule has 6 heteroatoms. The Morgan fingerprint density at radius 3 is 2.29 bits per heavy atom. The first-order valence-corrected chi connectivity index (χ1v) is 10.0. The van der Waals surface area contributed by atoms with Crippen molar-refractivity contribution >= 4 is 17.7 Å². The van der Waals surface area contributed by atoms with Crippen molar-refractivity contribution in [1.29, 1.82) is 0 Å². The summed E-state index contributed by atoms with van der Waals surface area (Å²) in [7, 11) is 1.62. The first-order chi connectivity index (χ1) is 15.1. The Kier molecular flexibility index (Phi) is 5.80. The van der Waals surface area contributed by atoms with Gasteiger partial charge in [0.25, 0.3) is 17.7 Å². The molecule has 1 aliphatic heterocycles. The van der Waals surface area contributed by atoms with Crippen LogP contribution in [0.3, 0.4) is 0 Å². The van der Waals surface area contributed by atoms with Gasteiger partial charge in [-0.25, -0.2) is 0 Å². The van der Waals surface area contributed by atoms with Crippen LogP contribution in [0.2, 0.25) is 0 Å². The molecule has 0 saturated carbocycles. The predicted molar refractivity (Wildman–Crippen MR) is 116 cm³/mol. The summed E-state index contributed by atoms with van der Waals surface area (Å²) in [4.78, 5) is 39.0. The molecule has 0 unspecified atom stereocenters. The number of nitrogens with zero attached hydrogens (tertiary/aromatic N) is 1. The first-order valence-electron chi connectivity index (χ1n) is 10.0. The van der Waals surface area contributed by atoms with Gasteiger partial charge < -0.3 is 10.1 Å². The van der Waals surface area contributed by atoms with Crippen LogP contribution in [0.5, 0.6) is 5.75 Å². The molecule has 0 fully saturated rings. The summed E-state index contributed by atoms with van der Waals surface area (Å²) in [5, 5.41) is 2.91. The van der Waals surface area contributed by atoms with Gasteiger partial charge in [0, 0.05) is 12.1 Å². The number of fused-ring (bicyclic) bond motifs is 1. The molecule has 3 aromatic rings. The molecular formula is C25H22N2O4. The van der Waals surface area contributed by atoms with E-state index in [1.54, 1.807) is 55.6 Å². The van der Waals surface area contributed by atoms with Gasteiger partial charge in [-0.15, -0.1) is 0 Å². The number of hydrogen-bond acceptors (Lipinski definition) is 4. The molecule has 31 heavy (non-hydrogen) atoms. The third-order valence-corrected chi connectivity index (χ3v) is 5.28. The van der Waals surface area contributed by atoms with Crippen molar-refractivity contribution < 1.29 is 19.1 Å². The first kappa shape index (κ1) is 20.3. The lowest BCUT2D eigenvalue weighted by atomic mass is 10.1. The smallest absolute Gasteiger partial charge is 0.261 e. The van der Waals surface area contributed by atoms with Gasteiger partial charge in [-0.05, 0) is 47.9 Å².